The Labute approximate surface area is 263 Å². The quantitative estimate of drug-likeness (QED) is 0.160. The van der Waals surface area contributed by atoms with Crippen molar-refractivity contribution in [3.63, 3.8) is 0 Å². The molecule has 0 radical (unpaired) electrons. The first-order valence-corrected chi connectivity index (χ1v) is 16.4. The summed E-state index contributed by atoms with van der Waals surface area (Å²) in [6, 6.07) is 22.1. The van der Waals surface area contributed by atoms with Gasteiger partial charge in [-0.3, -0.25) is 8.97 Å². The van der Waals surface area contributed by atoms with Crippen LogP contribution in [0.4, 0.5) is 0 Å². The highest BCUT2D eigenvalue weighted by molar-refractivity contribution is 7.00. The summed E-state index contributed by atoms with van der Waals surface area (Å²) in [6.45, 7) is 28.3. The van der Waals surface area contributed by atoms with Crippen LogP contribution in [0.15, 0.2) is 54.6 Å². The largest absolute Gasteiger partial charge is 0.298 e. The zero-order valence-corrected chi connectivity index (χ0v) is 28.7. The van der Waals surface area contributed by atoms with Gasteiger partial charge in [0.15, 0.2) is 0 Å². The highest BCUT2D eigenvalue weighted by atomic mass is 15.1. The average molecular weight is 577 g/mol. The molecule has 2 nitrogen and oxygen atoms in total. The Morgan fingerprint density at radius 2 is 1.32 bits per heavy atom. The van der Waals surface area contributed by atoms with Gasteiger partial charge in [0.2, 0.25) is 6.71 Å². The molecular weight excluding hydrogens is 531 g/mol. The molecule has 0 unspecified atom stereocenters. The maximum atomic E-state index is 2.64. The van der Waals surface area contributed by atoms with Gasteiger partial charge in [0.25, 0.3) is 0 Å². The molecule has 2 aromatic heterocycles. The van der Waals surface area contributed by atoms with E-state index in [0.717, 1.165) is 0 Å². The Kier molecular flexibility index (Phi) is 5.25. The minimum atomic E-state index is 0.0181. The Balaban J connectivity index is 1.66. The first-order valence-electron chi connectivity index (χ1n) is 16.4. The normalized spacial score (nSPS) is 14.3. The van der Waals surface area contributed by atoms with Crippen molar-refractivity contribution in [3.05, 3.63) is 88.1 Å². The smallest absolute Gasteiger partial charge is 0.248 e. The van der Waals surface area contributed by atoms with E-state index in [-0.39, 0.29) is 23.0 Å². The maximum absolute atomic E-state index is 2.64. The van der Waals surface area contributed by atoms with Crippen molar-refractivity contribution in [2.75, 3.05) is 0 Å². The van der Waals surface area contributed by atoms with E-state index in [1.165, 1.54) is 94.2 Å². The Morgan fingerprint density at radius 1 is 0.636 bits per heavy atom. The average Bonchev–Trinajstić information content (AvgIpc) is 3.39. The van der Waals surface area contributed by atoms with Crippen LogP contribution in [0.3, 0.4) is 0 Å². The van der Waals surface area contributed by atoms with Gasteiger partial charge in [0, 0.05) is 11.4 Å². The number of imidazole rings is 1. The molecule has 6 aromatic rings. The molecule has 0 N–H and O–H groups in total. The van der Waals surface area contributed by atoms with Crippen molar-refractivity contribution < 1.29 is 0 Å². The second-order valence-electron chi connectivity index (χ2n) is 16.8. The molecule has 8 rings (SSSR count). The highest BCUT2D eigenvalue weighted by Gasteiger charge is 2.42. The van der Waals surface area contributed by atoms with Crippen LogP contribution in [0.2, 0.25) is 0 Å². The molecular formula is C41H45BN2. The zero-order valence-electron chi connectivity index (χ0n) is 28.7. The lowest BCUT2D eigenvalue weighted by molar-refractivity contribution is 0.590. The third-order valence-corrected chi connectivity index (χ3v) is 11.0. The van der Waals surface area contributed by atoms with Gasteiger partial charge in [-0.25, -0.2) is 0 Å². The Bertz CT molecular complexity index is 2250. The number of fused-ring (bicyclic) bond motifs is 7. The summed E-state index contributed by atoms with van der Waals surface area (Å²) in [5.41, 5.74) is 21.0. The third-order valence-electron chi connectivity index (χ3n) is 11.0. The fraction of sp³-hybridized carbons (Fsp3) is 0.366. The number of rotatable bonds is 0. The molecule has 0 aliphatic carbocycles. The molecule has 0 spiro atoms. The van der Waals surface area contributed by atoms with Crippen LogP contribution in [0.5, 0.6) is 0 Å². The van der Waals surface area contributed by atoms with Gasteiger partial charge in [0.1, 0.15) is 5.65 Å². The Hall–Kier alpha value is -3.72. The predicted octanol–water partition coefficient (Wildman–Crippen LogP) is 8.66. The summed E-state index contributed by atoms with van der Waals surface area (Å²) in [5, 5.41) is 2.85. The fourth-order valence-electron chi connectivity index (χ4n) is 8.36. The molecule has 0 saturated heterocycles. The van der Waals surface area contributed by atoms with Crippen molar-refractivity contribution in [3.8, 4) is 16.8 Å². The number of hydrogen-bond donors (Lipinski definition) is 0. The summed E-state index contributed by atoms with van der Waals surface area (Å²) in [6.07, 6.45) is 0. The van der Waals surface area contributed by atoms with E-state index in [0.29, 0.717) is 0 Å². The minimum absolute atomic E-state index is 0.0181. The van der Waals surface area contributed by atoms with Gasteiger partial charge in [-0.2, -0.15) is 0 Å². The van der Waals surface area contributed by atoms with Crippen molar-refractivity contribution >= 4 is 50.6 Å². The lowest BCUT2D eigenvalue weighted by atomic mass is 9.32. The summed E-state index contributed by atoms with van der Waals surface area (Å²) >= 11 is 0. The number of benzene rings is 4. The summed E-state index contributed by atoms with van der Waals surface area (Å²) in [5.74, 6) is 0. The fourth-order valence-corrected chi connectivity index (χ4v) is 8.36. The Morgan fingerprint density at radius 3 is 1.98 bits per heavy atom. The molecule has 44 heavy (non-hydrogen) atoms. The third kappa shape index (κ3) is 3.39. The van der Waals surface area contributed by atoms with E-state index < -0.39 is 0 Å². The van der Waals surface area contributed by atoms with Crippen molar-refractivity contribution in [2.24, 2.45) is 0 Å². The highest BCUT2D eigenvalue weighted by Crippen LogP contribution is 2.43. The van der Waals surface area contributed by atoms with Crippen molar-refractivity contribution in [1.29, 1.82) is 0 Å². The van der Waals surface area contributed by atoms with Crippen molar-refractivity contribution in [2.45, 2.75) is 99.3 Å². The molecule has 0 atom stereocenters. The van der Waals surface area contributed by atoms with Gasteiger partial charge >= 0.3 is 0 Å². The molecule has 2 aliphatic heterocycles. The maximum Gasteiger partial charge on any atom is 0.248 e. The van der Waals surface area contributed by atoms with Crippen LogP contribution in [-0.2, 0) is 16.2 Å². The van der Waals surface area contributed by atoms with Crippen LogP contribution >= 0.6 is 0 Å². The molecule has 0 bridgehead atoms. The molecule has 0 saturated carbocycles. The molecule has 3 heteroatoms. The first-order chi connectivity index (χ1) is 20.5. The van der Waals surface area contributed by atoms with E-state index in [2.05, 4.69) is 147 Å². The summed E-state index contributed by atoms with van der Waals surface area (Å²) < 4.78 is 5.21. The van der Waals surface area contributed by atoms with Gasteiger partial charge in [-0.1, -0.05) is 110 Å². The van der Waals surface area contributed by atoms with E-state index in [4.69, 9.17) is 0 Å². The topological polar surface area (TPSA) is 9.34 Å². The van der Waals surface area contributed by atoms with Crippen LogP contribution in [0.25, 0.3) is 44.3 Å². The van der Waals surface area contributed by atoms with E-state index >= 15 is 0 Å². The zero-order chi connectivity index (χ0) is 31.4. The second-order valence-corrected chi connectivity index (χ2v) is 16.8. The van der Waals surface area contributed by atoms with Crippen LogP contribution in [-0.4, -0.2) is 15.7 Å². The number of nitrogens with zero attached hydrogens (tertiary/aromatic N) is 2. The molecule has 4 aromatic carbocycles. The molecule has 222 valence electrons. The van der Waals surface area contributed by atoms with Gasteiger partial charge in [0.05, 0.1) is 11.0 Å². The van der Waals surface area contributed by atoms with Crippen LogP contribution in [0.1, 0.15) is 95.8 Å². The molecule has 2 aliphatic rings. The molecule has 0 fully saturated rings. The van der Waals surface area contributed by atoms with Crippen molar-refractivity contribution in [1.82, 2.24) is 8.97 Å². The standard InChI is InChI=1S/C41H45BN2/c1-22-23(2)38-43(24(22)3)34-21-26(40(7,8)9)19-32-37(34)44(38)33-20-25(39(4,5)6)18-29-27-16-17-30(41(10,11)12)28-14-13-15-31(35(27)28)42(32)36(29)33/h13-21H,1-12H3. The van der Waals surface area contributed by atoms with Crippen LogP contribution in [0, 0.1) is 20.8 Å². The second kappa shape index (κ2) is 8.30. The molecule has 4 heterocycles. The number of hydrogen-bond acceptors (Lipinski definition) is 0. The van der Waals surface area contributed by atoms with E-state index in [1.54, 1.807) is 0 Å². The van der Waals surface area contributed by atoms with Gasteiger partial charge < -0.3 is 0 Å². The number of aryl methyl sites for hydroxylation is 2. The SMILES string of the molecule is Cc1c(C)c2n3c4c(cc(C(C)(C)C)cc4n2c1C)B1c2c(cc(C(C)(C)C)cc2-3)-c2ccc(C(C)(C)C)c3cccc1c23. The lowest BCUT2D eigenvalue weighted by Crippen LogP contribution is -2.58. The molecule has 0 amide bonds. The number of aromatic nitrogens is 2. The van der Waals surface area contributed by atoms with Gasteiger partial charge in [-0.15, -0.1) is 0 Å². The first kappa shape index (κ1) is 27.8. The summed E-state index contributed by atoms with van der Waals surface area (Å²) in [7, 11) is 0. The summed E-state index contributed by atoms with van der Waals surface area (Å²) in [4.78, 5) is 0. The predicted molar refractivity (Wildman–Crippen MR) is 192 cm³/mol. The van der Waals surface area contributed by atoms with E-state index in [1.807, 2.05) is 0 Å². The van der Waals surface area contributed by atoms with Crippen LogP contribution < -0.4 is 16.4 Å². The monoisotopic (exact) mass is 576 g/mol. The minimum Gasteiger partial charge on any atom is -0.298 e. The lowest BCUT2D eigenvalue weighted by Gasteiger charge is -2.37. The van der Waals surface area contributed by atoms with E-state index in [9.17, 15) is 0 Å². The van der Waals surface area contributed by atoms with Gasteiger partial charge in [-0.05, 0) is 110 Å².